The first-order valence-electron chi connectivity index (χ1n) is 8.07. The summed E-state index contributed by atoms with van der Waals surface area (Å²) in [6, 6.07) is 5.05. The van der Waals surface area contributed by atoms with Crippen LogP contribution in [0.2, 0.25) is 10.0 Å². The number of aliphatic hydroxyl groups is 1. The Bertz CT molecular complexity index is 948. The second-order valence-corrected chi connectivity index (χ2v) is 7.17. The van der Waals surface area contributed by atoms with E-state index in [1.807, 2.05) is 5.32 Å². The molecule has 1 saturated heterocycles. The van der Waals surface area contributed by atoms with Crippen LogP contribution in [0, 0.1) is 11.7 Å². The highest BCUT2D eigenvalue weighted by Gasteiger charge is 2.59. The lowest BCUT2D eigenvalue weighted by molar-refractivity contribution is -0.190. The Morgan fingerprint density at radius 3 is 2.28 bits per heavy atom. The highest BCUT2D eigenvalue weighted by molar-refractivity contribution is 6.31. The van der Waals surface area contributed by atoms with Crippen LogP contribution in [-0.4, -0.2) is 23.1 Å². The molecule has 0 bridgehead atoms. The molecule has 3 rings (SSSR count). The van der Waals surface area contributed by atoms with E-state index in [1.165, 1.54) is 24.3 Å². The molecule has 0 spiro atoms. The van der Waals surface area contributed by atoms with Crippen molar-refractivity contribution in [2.45, 2.75) is 17.9 Å². The standard InChI is InChI=1S/C18H12Cl2F4N2O3/c19-9-6-4-8(5-7-9)17(29)13(15(27)18(22,23)24)14(25-16(28)26-17)12-10(20)2-1-3-11(12)21/h1-7,13-14,29H,(H2,25,26,28). The third-order valence-electron chi connectivity index (χ3n) is 4.53. The summed E-state index contributed by atoms with van der Waals surface area (Å²) in [5, 5.41) is 15.0. The first-order chi connectivity index (χ1) is 13.4. The van der Waals surface area contributed by atoms with Gasteiger partial charge in [-0.25, -0.2) is 9.18 Å². The number of hydrogen-bond donors (Lipinski definition) is 3. The zero-order chi connectivity index (χ0) is 21.6. The fourth-order valence-corrected chi connectivity index (χ4v) is 3.68. The maximum Gasteiger partial charge on any atom is 0.450 e. The molecule has 3 N–H and O–H groups in total. The quantitative estimate of drug-likeness (QED) is 0.616. The number of alkyl halides is 3. The molecule has 1 aliphatic rings. The minimum atomic E-state index is -5.40. The van der Waals surface area contributed by atoms with Crippen LogP contribution < -0.4 is 10.6 Å². The number of rotatable bonds is 3. The van der Waals surface area contributed by atoms with Gasteiger partial charge < -0.3 is 15.7 Å². The average Bonchev–Trinajstić information content (AvgIpc) is 2.60. The van der Waals surface area contributed by atoms with E-state index in [1.54, 1.807) is 0 Å². The van der Waals surface area contributed by atoms with Gasteiger partial charge in [0.05, 0.1) is 6.04 Å². The molecular formula is C18H12Cl2F4N2O3. The minimum Gasteiger partial charge on any atom is -0.366 e. The topological polar surface area (TPSA) is 78.4 Å². The number of halogens is 6. The number of Topliss-reactive ketones (excluding diaryl/α,β-unsaturated/α-hetero) is 1. The van der Waals surface area contributed by atoms with Crippen LogP contribution >= 0.6 is 23.2 Å². The zero-order valence-corrected chi connectivity index (χ0v) is 15.7. The molecule has 2 aromatic rings. The Morgan fingerprint density at radius 2 is 1.72 bits per heavy atom. The SMILES string of the molecule is O=C1NC(c2c(F)cccc2Cl)C(C(=O)C(F)(F)F)C(O)(c2ccc(Cl)cc2)N1. The van der Waals surface area contributed by atoms with Crippen LogP contribution in [0.1, 0.15) is 17.2 Å². The number of nitrogens with one attached hydrogen (secondary N) is 2. The Kier molecular flexibility index (Phi) is 5.50. The Labute approximate surface area is 171 Å². The summed E-state index contributed by atoms with van der Waals surface area (Å²) in [7, 11) is 0. The lowest BCUT2D eigenvalue weighted by atomic mass is 9.76. The third-order valence-corrected chi connectivity index (χ3v) is 5.11. The first kappa shape index (κ1) is 21.4. The van der Waals surface area contributed by atoms with E-state index < -0.39 is 47.1 Å². The van der Waals surface area contributed by atoms with Crippen LogP contribution in [0.4, 0.5) is 22.4 Å². The molecule has 0 saturated carbocycles. The molecule has 11 heteroatoms. The minimum absolute atomic E-state index is 0.199. The molecule has 0 aliphatic carbocycles. The Morgan fingerprint density at radius 1 is 1.10 bits per heavy atom. The van der Waals surface area contributed by atoms with Gasteiger partial charge in [0.25, 0.3) is 0 Å². The molecule has 0 radical (unpaired) electrons. The molecule has 2 aromatic carbocycles. The fraction of sp³-hybridized carbons (Fsp3) is 0.222. The van der Waals surface area contributed by atoms with Gasteiger partial charge in [-0.2, -0.15) is 13.2 Å². The number of benzene rings is 2. The molecule has 29 heavy (non-hydrogen) atoms. The summed E-state index contributed by atoms with van der Waals surface area (Å²) in [4.78, 5) is 24.5. The molecule has 3 unspecified atom stereocenters. The number of urea groups is 1. The van der Waals surface area contributed by atoms with Crippen LogP contribution in [0.5, 0.6) is 0 Å². The molecule has 5 nitrogen and oxygen atoms in total. The molecule has 0 aromatic heterocycles. The van der Waals surface area contributed by atoms with Gasteiger partial charge in [0.2, 0.25) is 5.78 Å². The normalized spacial score (nSPS) is 24.6. The predicted octanol–water partition coefficient (Wildman–Crippen LogP) is 4.08. The van der Waals surface area contributed by atoms with Crippen LogP contribution in [0.25, 0.3) is 0 Å². The van der Waals surface area contributed by atoms with Crippen LogP contribution in [0.3, 0.4) is 0 Å². The second kappa shape index (κ2) is 7.47. The van der Waals surface area contributed by atoms with Gasteiger partial charge in [-0.3, -0.25) is 4.79 Å². The number of amides is 2. The summed E-state index contributed by atoms with van der Waals surface area (Å²) in [5.41, 5.74) is -3.63. The average molecular weight is 451 g/mol. The van der Waals surface area contributed by atoms with E-state index in [0.717, 1.165) is 18.2 Å². The number of hydrogen-bond acceptors (Lipinski definition) is 3. The summed E-state index contributed by atoms with van der Waals surface area (Å²) in [5.74, 6) is -5.83. The van der Waals surface area contributed by atoms with Gasteiger partial charge in [-0.1, -0.05) is 41.4 Å². The van der Waals surface area contributed by atoms with Crippen molar-refractivity contribution < 1.29 is 32.3 Å². The van der Waals surface area contributed by atoms with E-state index in [2.05, 4.69) is 5.32 Å². The Balaban J connectivity index is 2.25. The maximum absolute atomic E-state index is 14.5. The van der Waals surface area contributed by atoms with Crippen molar-refractivity contribution in [2.24, 2.45) is 5.92 Å². The largest absolute Gasteiger partial charge is 0.450 e. The van der Waals surface area contributed by atoms with E-state index >= 15 is 0 Å². The lowest BCUT2D eigenvalue weighted by Gasteiger charge is -2.45. The van der Waals surface area contributed by atoms with Crippen LogP contribution in [0.15, 0.2) is 42.5 Å². The molecule has 3 atom stereocenters. The van der Waals surface area contributed by atoms with Gasteiger partial charge in [0.15, 0.2) is 5.72 Å². The van der Waals surface area contributed by atoms with Crippen molar-refractivity contribution in [1.29, 1.82) is 0 Å². The monoisotopic (exact) mass is 450 g/mol. The fourth-order valence-electron chi connectivity index (χ4n) is 3.27. The van der Waals surface area contributed by atoms with Crippen molar-refractivity contribution in [1.82, 2.24) is 10.6 Å². The Hall–Kier alpha value is -2.36. The number of carbonyl (C=O) groups is 2. The van der Waals surface area contributed by atoms with E-state index in [4.69, 9.17) is 23.2 Å². The van der Waals surface area contributed by atoms with E-state index in [9.17, 15) is 32.3 Å². The highest BCUT2D eigenvalue weighted by Crippen LogP contribution is 2.45. The van der Waals surface area contributed by atoms with Gasteiger partial charge in [0.1, 0.15) is 11.7 Å². The molecule has 2 amide bonds. The summed E-state index contributed by atoms with van der Waals surface area (Å²) in [6.45, 7) is 0. The van der Waals surface area contributed by atoms with Gasteiger partial charge in [-0.15, -0.1) is 0 Å². The van der Waals surface area contributed by atoms with Crippen LogP contribution in [-0.2, 0) is 10.5 Å². The smallest absolute Gasteiger partial charge is 0.366 e. The van der Waals surface area contributed by atoms with E-state index in [0.29, 0.717) is 0 Å². The molecular weight excluding hydrogens is 439 g/mol. The summed E-state index contributed by atoms with van der Waals surface area (Å²) >= 11 is 11.7. The van der Waals surface area contributed by atoms with Gasteiger partial charge in [0, 0.05) is 21.2 Å². The van der Waals surface area contributed by atoms with Gasteiger partial charge in [-0.05, 0) is 24.3 Å². The summed E-state index contributed by atoms with van der Waals surface area (Å²) in [6.07, 6.45) is -5.40. The van der Waals surface area contributed by atoms with Crippen molar-refractivity contribution >= 4 is 35.0 Å². The second-order valence-electron chi connectivity index (χ2n) is 6.32. The van der Waals surface area contributed by atoms with Crippen molar-refractivity contribution in [2.75, 3.05) is 0 Å². The molecule has 1 heterocycles. The zero-order valence-electron chi connectivity index (χ0n) is 14.2. The lowest BCUT2D eigenvalue weighted by Crippen LogP contribution is -2.66. The number of carbonyl (C=O) groups excluding carboxylic acids is 2. The maximum atomic E-state index is 14.5. The highest BCUT2D eigenvalue weighted by atomic mass is 35.5. The molecule has 1 aliphatic heterocycles. The first-order valence-corrected chi connectivity index (χ1v) is 8.83. The van der Waals surface area contributed by atoms with Crippen molar-refractivity contribution in [3.8, 4) is 0 Å². The third kappa shape index (κ3) is 3.90. The predicted molar refractivity (Wildman–Crippen MR) is 95.7 cm³/mol. The molecule has 154 valence electrons. The number of ketones is 1. The van der Waals surface area contributed by atoms with Gasteiger partial charge >= 0.3 is 12.2 Å². The van der Waals surface area contributed by atoms with Crippen molar-refractivity contribution in [3.05, 3.63) is 69.5 Å². The summed E-state index contributed by atoms with van der Waals surface area (Å²) < 4.78 is 54.6. The van der Waals surface area contributed by atoms with E-state index in [-0.39, 0.29) is 15.6 Å². The molecule has 1 fully saturated rings. The van der Waals surface area contributed by atoms with Crippen molar-refractivity contribution in [3.63, 3.8) is 0 Å².